The van der Waals surface area contributed by atoms with Crippen LogP contribution in [0.5, 0.6) is 0 Å². The molecule has 1 aliphatic rings. The molecule has 1 amide bonds. The number of carbonyl (C=O) groups is 1. The van der Waals surface area contributed by atoms with Gasteiger partial charge in [-0.05, 0) is 40.9 Å². The molecule has 0 spiro atoms. The third-order valence-corrected chi connectivity index (χ3v) is 3.67. The van der Waals surface area contributed by atoms with Crippen LogP contribution in [0.15, 0.2) is 22.8 Å². The van der Waals surface area contributed by atoms with Crippen LogP contribution in [0.25, 0.3) is 0 Å². The number of carbonyl (C=O) groups excluding carboxylic acids is 1. The van der Waals surface area contributed by atoms with Crippen molar-refractivity contribution < 1.29 is 18.0 Å². The SMILES string of the molecule is NC1CCC(C(F)(F)F)N(C(=O)c2ccc(Br)cn2)C1. The highest BCUT2D eigenvalue weighted by molar-refractivity contribution is 9.10. The zero-order chi connectivity index (χ0) is 14.9. The van der Waals surface area contributed by atoms with Crippen molar-refractivity contribution in [2.75, 3.05) is 6.54 Å². The van der Waals surface area contributed by atoms with Crippen LogP contribution < -0.4 is 5.73 Å². The van der Waals surface area contributed by atoms with E-state index >= 15 is 0 Å². The molecule has 4 nitrogen and oxygen atoms in total. The molecule has 2 unspecified atom stereocenters. The summed E-state index contributed by atoms with van der Waals surface area (Å²) in [7, 11) is 0. The van der Waals surface area contributed by atoms with Gasteiger partial charge in [0.2, 0.25) is 0 Å². The van der Waals surface area contributed by atoms with E-state index < -0.39 is 24.2 Å². The van der Waals surface area contributed by atoms with Gasteiger partial charge in [-0.3, -0.25) is 4.79 Å². The van der Waals surface area contributed by atoms with Crippen LogP contribution >= 0.6 is 15.9 Å². The van der Waals surface area contributed by atoms with Gasteiger partial charge in [0.05, 0.1) is 0 Å². The Morgan fingerprint density at radius 2 is 2.10 bits per heavy atom. The van der Waals surface area contributed by atoms with E-state index in [1.807, 2.05) is 0 Å². The predicted molar refractivity (Wildman–Crippen MR) is 70.0 cm³/mol. The summed E-state index contributed by atoms with van der Waals surface area (Å²) in [6.07, 6.45) is -3.00. The van der Waals surface area contributed by atoms with Gasteiger partial charge < -0.3 is 10.6 Å². The zero-order valence-electron chi connectivity index (χ0n) is 10.4. The van der Waals surface area contributed by atoms with E-state index in [-0.39, 0.29) is 25.1 Å². The molecule has 0 bridgehead atoms. The lowest BCUT2D eigenvalue weighted by molar-refractivity contribution is -0.184. The lowest BCUT2D eigenvalue weighted by Crippen LogP contribution is -2.56. The van der Waals surface area contributed by atoms with Crippen molar-refractivity contribution in [3.8, 4) is 0 Å². The molecule has 1 fully saturated rings. The average molecular weight is 352 g/mol. The molecule has 0 radical (unpaired) electrons. The first-order chi connectivity index (χ1) is 9.29. The van der Waals surface area contributed by atoms with Crippen molar-refractivity contribution in [3.63, 3.8) is 0 Å². The second-order valence-corrected chi connectivity index (χ2v) is 5.63. The molecular weight excluding hydrogens is 339 g/mol. The van der Waals surface area contributed by atoms with Gasteiger partial charge in [0.1, 0.15) is 11.7 Å². The van der Waals surface area contributed by atoms with E-state index in [1.165, 1.54) is 12.3 Å². The molecule has 0 aromatic carbocycles. The molecular formula is C12H13BrF3N3O. The zero-order valence-corrected chi connectivity index (χ0v) is 12.0. The highest BCUT2D eigenvalue weighted by atomic mass is 79.9. The maximum Gasteiger partial charge on any atom is 0.408 e. The van der Waals surface area contributed by atoms with Crippen molar-refractivity contribution in [1.82, 2.24) is 9.88 Å². The second-order valence-electron chi connectivity index (χ2n) is 4.71. The number of hydrogen-bond acceptors (Lipinski definition) is 3. The van der Waals surface area contributed by atoms with Gasteiger partial charge in [-0.2, -0.15) is 13.2 Å². The molecule has 1 aromatic heterocycles. The number of halogens is 4. The highest BCUT2D eigenvalue weighted by Gasteiger charge is 2.47. The Morgan fingerprint density at radius 1 is 1.40 bits per heavy atom. The standard InChI is InChI=1S/C12H13BrF3N3O/c13-7-1-3-9(18-5-7)11(20)19-6-8(17)2-4-10(19)12(14,15)16/h1,3,5,8,10H,2,4,6,17H2. The number of alkyl halides is 3. The number of likely N-dealkylation sites (tertiary alicyclic amines) is 1. The summed E-state index contributed by atoms with van der Waals surface area (Å²) in [5.74, 6) is -0.741. The molecule has 2 heterocycles. The Kier molecular flexibility index (Phi) is 4.33. The number of aromatic nitrogens is 1. The summed E-state index contributed by atoms with van der Waals surface area (Å²) in [6, 6.07) is 0.723. The quantitative estimate of drug-likeness (QED) is 0.844. The van der Waals surface area contributed by atoms with Gasteiger partial charge in [0.15, 0.2) is 0 Å². The van der Waals surface area contributed by atoms with Crippen molar-refractivity contribution in [1.29, 1.82) is 0 Å². The van der Waals surface area contributed by atoms with Gasteiger partial charge >= 0.3 is 6.18 Å². The third-order valence-electron chi connectivity index (χ3n) is 3.20. The van der Waals surface area contributed by atoms with Gasteiger partial charge in [-0.25, -0.2) is 4.98 Å². The summed E-state index contributed by atoms with van der Waals surface area (Å²) in [4.78, 5) is 16.8. The number of piperidine rings is 1. The molecule has 20 heavy (non-hydrogen) atoms. The van der Waals surface area contributed by atoms with Gasteiger partial charge in [-0.15, -0.1) is 0 Å². The minimum absolute atomic E-state index is 0.0171. The molecule has 1 saturated heterocycles. The van der Waals surface area contributed by atoms with Crippen LogP contribution in [0.3, 0.4) is 0 Å². The number of hydrogen-bond donors (Lipinski definition) is 1. The fraction of sp³-hybridized carbons (Fsp3) is 0.500. The van der Waals surface area contributed by atoms with Gasteiger partial charge in [-0.1, -0.05) is 0 Å². The Bertz CT molecular complexity index is 492. The maximum absolute atomic E-state index is 13.0. The molecule has 0 aliphatic carbocycles. The van der Waals surface area contributed by atoms with E-state index in [0.29, 0.717) is 4.47 Å². The van der Waals surface area contributed by atoms with E-state index in [9.17, 15) is 18.0 Å². The fourth-order valence-corrected chi connectivity index (χ4v) is 2.45. The molecule has 1 aliphatic heterocycles. The fourth-order valence-electron chi connectivity index (χ4n) is 2.21. The Morgan fingerprint density at radius 3 is 2.65 bits per heavy atom. The average Bonchev–Trinajstić information content (AvgIpc) is 2.37. The summed E-state index contributed by atoms with van der Waals surface area (Å²) in [6.45, 7) is -0.110. The number of rotatable bonds is 1. The van der Waals surface area contributed by atoms with Crippen LogP contribution in [0, 0.1) is 0 Å². The predicted octanol–water partition coefficient (Wildman–Crippen LogP) is 2.34. The lowest BCUT2D eigenvalue weighted by atomic mass is 9.98. The van der Waals surface area contributed by atoms with E-state index in [2.05, 4.69) is 20.9 Å². The lowest BCUT2D eigenvalue weighted by Gasteiger charge is -2.39. The number of amides is 1. The number of pyridine rings is 1. The molecule has 0 saturated carbocycles. The minimum atomic E-state index is -4.45. The molecule has 2 atom stereocenters. The van der Waals surface area contributed by atoms with Crippen molar-refractivity contribution >= 4 is 21.8 Å². The summed E-state index contributed by atoms with van der Waals surface area (Å²) < 4.78 is 39.6. The second kappa shape index (κ2) is 5.69. The highest BCUT2D eigenvalue weighted by Crippen LogP contribution is 2.32. The van der Waals surface area contributed by atoms with Gasteiger partial charge in [0.25, 0.3) is 5.91 Å². The normalized spacial score (nSPS) is 23.8. The molecule has 2 N–H and O–H groups in total. The van der Waals surface area contributed by atoms with E-state index in [4.69, 9.17) is 5.73 Å². The Balaban J connectivity index is 2.26. The monoisotopic (exact) mass is 351 g/mol. The van der Waals surface area contributed by atoms with Crippen LogP contribution in [-0.2, 0) is 0 Å². The van der Waals surface area contributed by atoms with Crippen LogP contribution in [0.4, 0.5) is 13.2 Å². The van der Waals surface area contributed by atoms with E-state index in [0.717, 1.165) is 4.90 Å². The van der Waals surface area contributed by atoms with Gasteiger partial charge in [0, 0.05) is 23.3 Å². The maximum atomic E-state index is 13.0. The minimum Gasteiger partial charge on any atom is -0.326 e. The molecule has 110 valence electrons. The Labute approximate surface area is 122 Å². The first-order valence-electron chi connectivity index (χ1n) is 6.04. The first-order valence-corrected chi connectivity index (χ1v) is 6.83. The largest absolute Gasteiger partial charge is 0.408 e. The van der Waals surface area contributed by atoms with Crippen LogP contribution in [0.2, 0.25) is 0 Å². The smallest absolute Gasteiger partial charge is 0.326 e. The van der Waals surface area contributed by atoms with Crippen molar-refractivity contribution in [3.05, 3.63) is 28.5 Å². The topological polar surface area (TPSA) is 59.2 Å². The number of nitrogens with zero attached hydrogens (tertiary/aromatic N) is 2. The van der Waals surface area contributed by atoms with E-state index in [1.54, 1.807) is 6.07 Å². The number of nitrogens with two attached hydrogens (primary N) is 1. The summed E-state index contributed by atoms with van der Waals surface area (Å²) >= 11 is 3.16. The Hall–Kier alpha value is -1.15. The molecule has 2 rings (SSSR count). The van der Waals surface area contributed by atoms with Crippen molar-refractivity contribution in [2.45, 2.75) is 31.1 Å². The van der Waals surface area contributed by atoms with Crippen LogP contribution in [0.1, 0.15) is 23.3 Å². The summed E-state index contributed by atoms with van der Waals surface area (Å²) in [5, 5.41) is 0. The third kappa shape index (κ3) is 3.29. The first kappa shape index (κ1) is 15.2. The molecule has 8 heteroatoms. The molecule has 1 aromatic rings. The summed E-state index contributed by atoms with van der Waals surface area (Å²) in [5.41, 5.74) is 5.66. The van der Waals surface area contributed by atoms with Crippen LogP contribution in [-0.4, -0.2) is 40.6 Å². The van der Waals surface area contributed by atoms with Crippen molar-refractivity contribution in [2.24, 2.45) is 5.73 Å².